The number of aromatic nitrogens is 1. The fraction of sp³-hybridized carbons (Fsp3) is 0.462. The summed E-state index contributed by atoms with van der Waals surface area (Å²) in [5, 5.41) is 3.28. The Kier molecular flexibility index (Phi) is 5.75. The number of hydrogen-bond donors (Lipinski definition) is 1. The third-order valence-corrected chi connectivity index (χ3v) is 2.05. The van der Waals surface area contributed by atoms with Crippen molar-refractivity contribution >= 4 is 0 Å². The van der Waals surface area contributed by atoms with Crippen molar-refractivity contribution in [1.82, 2.24) is 10.3 Å². The van der Waals surface area contributed by atoms with Gasteiger partial charge >= 0.3 is 0 Å². The first-order valence-electron chi connectivity index (χ1n) is 5.53. The Morgan fingerprint density at radius 1 is 1.50 bits per heavy atom. The van der Waals surface area contributed by atoms with Crippen LogP contribution in [0.15, 0.2) is 30.5 Å². The van der Waals surface area contributed by atoms with Gasteiger partial charge < -0.3 is 10.1 Å². The minimum atomic E-state index is 0.643. The normalized spacial score (nSPS) is 10.4. The van der Waals surface area contributed by atoms with Gasteiger partial charge in [-0.2, -0.15) is 0 Å². The molecule has 1 rings (SSSR count). The summed E-state index contributed by atoms with van der Waals surface area (Å²) in [5.41, 5.74) is 3.30. The summed E-state index contributed by atoms with van der Waals surface area (Å²) in [4.78, 5) is 4.31. The summed E-state index contributed by atoms with van der Waals surface area (Å²) in [6.07, 6.45) is 1.88. The smallest absolute Gasteiger partial charge is 0.0672 e. The maximum Gasteiger partial charge on any atom is 0.0672 e. The highest BCUT2D eigenvalue weighted by molar-refractivity contribution is 5.11. The molecular weight excluding hydrogens is 200 g/mol. The van der Waals surface area contributed by atoms with Gasteiger partial charge in [-0.1, -0.05) is 18.2 Å². The first kappa shape index (κ1) is 12.9. The van der Waals surface area contributed by atoms with E-state index >= 15 is 0 Å². The molecule has 0 saturated heterocycles. The molecule has 1 N–H and O–H groups in total. The van der Waals surface area contributed by atoms with E-state index in [-0.39, 0.29) is 0 Å². The van der Waals surface area contributed by atoms with Gasteiger partial charge in [0.25, 0.3) is 0 Å². The van der Waals surface area contributed by atoms with Crippen molar-refractivity contribution in [2.45, 2.75) is 20.4 Å². The molecule has 0 spiro atoms. The van der Waals surface area contributed by atoms with E-state index in [2.05, 4.69) is 22.9 Å². The SMILES string of the molecule is C=C(C)COCCNCc1ccc(C)cn1. The average molecular weight is 220 g/mol. The summed E-state index contributed by atoms with van der Waals surface area (Å²) in [5.74, 6) is 0. The number of ether oxygens (including phenoxy) is 1. The van der Waals surface area contributed by atoms with E-state index in [1.807, 2.05) is 26.1 Å². The number of aryl methyl sites for hydroxylation is 1. The largest absolute Gasteiger partial charge is 0.376 e. The lowest BCUT2D eigenvalue weighted by Crippen LogP contribution is -2.20. The van der Waals surface area contributed by atoms with Gasteiger partial charge in [-0.3, -0.25) is 4.98 Å². The second-order valence-electron chi connectivity index (χ2n) is 4.01. The monoisotopic (exact) mass is 220 g/mol. The second-order valence-corrected chi connectivity index (χ2v) is 4.01. The molecule has 0 atom stereocenters. The van der Waals surface area contributed by atoms with Gasteiger partial charge in [0.1, 0.15) is 0 Å². The molecule has 0 saturated carbocycles. The predicted molar refractivity (Wildman–Crippen MR) is 66.3 cm³/mol. The first-order chi connectivity index (χ1) is 7.68. The molecule has 0 fully saturated rings. The molecule has 0 unspecified atom stereocenters. The molecule has 0 aliphatic rings. The third kappa shape index (κ3) is 5.63. The van der Waals surface area contributed by atoms with Gasteiger partial charge in [-0.15, -0.1) is 0 Å². The lowest BCUT2D eigenvalue weighted by molar-refractivity contribution is 0.157. The van der Waals surface area contributed by atoms with Crippen LogP contribution >= 0.6 is 0 Å². The molecular formula is C13H20N2O. The number of rotatable bonds is 7. The van der Waals surface area contributed by atoms with E-state index in [0.717, 1.165) is 24.4 Å². The molecule has 16 heavy (non-hydrogen) atoms. The summed E-state index contributed by atoms with van der Waals surface area (Å²) in [7, 11) is 0. The fourth-order valence-electron chi connectivity index (χ4n) is 1.21. The van der Waals surface area contributed by atoms with Gasteiger partial charge in [-0.05, 0) is 25.5 Å². The maximum absolute atomic E-state index is 5.37. The van der Waals surface area contributed by atoms with Crippen molar-refractivity contribution in [2.75, 3.05) is 19.8 Å². The Morgan fingerprint density at radius 2 is 2.31 bits per heavy atom. The molecule has 0 aromatic carbocycles. The Labute approximate surface area is 97.5 Å². The molecule has 0 amide bonds. The highest BCUT2D eigenvalue weighted by Gasteiger charge is 1.93. The van der Waals surface area contributed by atoms with E-state index in [1.165, 1.54) is 5.56 Å². The van der Waals surface area contributed by atoms with Crippen LogP contribution < -0.4 is 5.32 Å². The van der Waals surface area contributed by atoms with Gasteiger partial charge in [-0.25, -0.2) is 0 Å². The van der Waals surface area contributed by atoms with Crippen LogP contribution in [-0.2, 0) is 11.3 Å². The molecule has 0 bridgehead atoms. The van der Waals surface area contributed by atoms with Gasteiger partial charge in [0.2, 0.25) is 0 Å². The van der Waals surface area contributed by atoms with Crippen LogP contribution in [0, 0.1) is 6.92 Å². The van der Waals surface area contributed by atoms with Crippen LogP contribution in [0.2, 0.25) is 0 Å². The molecule has 88 valence electrons. The van der Waals surface area contributed by atoms with Crippen LogP contribution in [0.4, 0.5) is 0 Å². The van der Waals surface area contributed by atoms with Crippen LogP contribution in [0.1, 0.15) is 18.2 Å². The summed E-state index contributed by atoms with van der Waals surface area (Å²) in [6, 6.07) is 4.11. The highest BCUT2D eigenvalue weighted by Crippen LogP contribution is 1.97. The lowest BCUT2D eigenvalue weighted by Gasteiger charge is -2.05. The molecule has 0 aliphatic heterocycles. The first-order valence-corrected chi connectivity index (χ1v) is 5.53. The van der Waals surface area contributed by atoms with Crippen molar-refractivity contribution in [1.29, 1.82) is 0 Å². The van der Waals surface area contributed by atoms with Crippen LogP contribution in [0.5, 0.6) is 0 Å². The number of pyridine rings is 1. The molecule has 0 radical (unpaired) electrons. The standard InChI is InChI=1S/C13H20N2O/c1-11(2)10-16-7-6-14-9-13-5-4-12(3)8-15-13/h4-5,8,14H,1,6-7,9-10H2,2-3H3. The van der Waals surface area contributed by atoms with E-state index in [9.17, 15) is 0 Å². The van der Waals surface area contributed by atoms with Gasteiger partial charge in [0, 0.05) is 19.3 Å². The quantitative estimate of drug-likeness (QED) is 0.564. The van der Waals surface area contributed by atoms with Crippen LogP contribution in [-0.4, -0.2) is 24.7 Å². The zero-order valence-electron chi connectivity index (χ0n) is 10.1. The maximum atomic E-state index is 5.37. The van der Waals surface area contributed by atoms with Crippen molar-refractivity contribution in [2.24, 2.45) is 0 Å². The van der Waals surface area contributed by atoms with Gasteiger partial charge in [0.05, 0.1) is 18.9 Å². The summed E-state index contributed by atoms with van der Waals surface area (Å²) >= 11 is 0. The van der Waals surface area contributed by atoms with E-state index in [4.69, 9.17) is 4.74 Å². The van der Waals surface area contributed by atoms with Crippen LogP contribution in [0.3, 0.4) is 0 Å². The topological polar surface area (TPSA) is 34.1 Å². The number of hydrogen-bond acceptors (Lipinski definition) is 3. The zero-order chi connectivity index (χ0) is 11.8. The molecule has 1 aromatic heterocycles. The minimum Gasteiger partial charge on any atom is -0.376 e. The Balaban J connectivity index is 2.07. The van der Waals surface area contributed by atoms with Crippen LogP contribution in [0.25, 0.3) is 0 Å². The highest BCUT2D eigenvalue weighted by atomic mass is 16.5. The molecule has 3 nitrogen and oxygen atoms in total. The average Bonchev–Trinajstić information content (AvgIpc) is 2.25. The van der Waals surface area contributed by atoms with E-state index < -0.39 is 0 Å². The third-order valence-electron chi connectivity index (χ3n) is 2.05. The van der Waals surface area contributed by atoms with Crippen molar-refractivity contribution in [3.63, 3.8) is 0 Å². The Bertz CT molecular complexity index is 319. The van der Waals surface area contributed by atoms with E-state index in [1.54, 1.807) is 0 Å². The molecule has 3 heteroatoms. The van der Waals surface area contributed by atoms with Crippen molar-refractivity contribution in [3.8, 4) is 0 Å². The zero-order valence-corrected chi connectivity index (χ0v) is 10.1. The fourth-order valence-corrected chi connectivity index (χ4v) is 1.21. The lowest BCUT2D eigenvalue weighted by atomic mass is 10.3. The molecule has 0 aliphatic carbocycles. The summed E-state index contributed by atoms with van der Waals surface area (Å²) < 4.78 is 5.37. The second kappa shape index (κ2) is 7.14. The minimum absolute atomic E-state index is 0.643. The number of nitrogens with one attached hydrogen (secondary N) is 1. The number of nitrogens with zero attached hydrogens (tertiary/aromatic N) is 1. The van der Waals surface area contributed by atoms with Crippen molar-refractivity contribution in [3.05, 3.63) is 41.7 Å². The summed E-state index contributed by atoms with van der Waals surface area (Å²) in [6.45, 7) is 10.7. The van der Waals surface area contributed by atoms with Gasteiger partial charge in [0.15, 0.2) is 0 Å². The molecule has 1 aromatic rings. The Morgan fingerprint density at radius 3 is 2.94 bits per heavy atom. The Hall–Kier alpha value is -1.19. The van der Waals surface area contributed by atoms with Crippen molar-refractivity contribution < 1.29 is 4.74 Å². The molecule has 1 heterocycles. The predicted octanol–water partition coefficient (Wildman–Crippen LogP) is 2.07. The van der Waals surface area contributed by atoms with E-state index in [0.29, 0.717) is 13.2 Å².